The summed E-state index contributed by atoms with van der Waals surface area (Å²) in [5.41, 5.74) is 2.89. The molecule has 1 aromatic rings. The average Bonchev–Trinajstić information content (AvgIpc) is 2.62. The van der Waals surface area contributed by atoms with Crippen LogP contribution in [0.5, 0.6) is 0 Å². The van der Waals surface area contributed by atoms with Gasteiger partial charge in [-0.1, -0.05) is 50.3 Å². The Balaban J connectivity index is 0.000000337. The van der Waals surface area contributed by atoms with Crippen molar-refractivity contribution in [3.63, 3.8) is 0 Å². The summed E-state index contributed by atoms with van der Waals surface area (Å²) in [6, 6.07) is 8.65. The summed E-state index contributed by atoms with van der Waals surface area (Å²) in [5, 5.41) is 0. The van der Waals surface area contributed by atoms with Crippen molar-refractivity contribution in [3.8, 4) is 0 Å². The molecule has 1 atom stereocenters. The zero-order valence-electron chi connectivity index (χ0n) is 8.87. The topological polar surface area (TPSA) is 0 Å². The van der Waals surface area contributed by atoms with E-state index >= 15 is 0 Å². The van der Waals surface area contributed by atoms with Gasteiger partial charge in [0.2, 0.25) is 0 Å². The van der Waals surface area contributed by atoms with Gasteiger partial charge in [-0.3, -0.25) is 0 Å². The van der Waals surface area contributed by atoms with Gasteiger partial charge >= 0.3 is 41.3 Å². The number of benzene rings is 1. The number of fused-ring (bicyclic) bond motifs is 1. The Labute approximate surface area is 114 Å². The molecule has 0 saturated heterocycles. The standard InChI is InChI=1S/C12H14.2BrH.Ti/c1-9(2)11-8-7-10-5-3-4-6-12(10)11;;;/h3-9,11H,1-2H3;2*1H;/q;;;+2/p-2. The van der Waals surface area contributed by atoms with E-state index in [1.165, 1.54) is 11.1 Å². The predicted octanol–water partition coefficient (Wildman–Crippen LogP) is 5.14. The second-order valence-corrected chi connectivity index (χ2v) is 11.7. The maximum absolute atomic E-state index is 3.19. The predicted molar refractivity (Wildman–Crippen MR) is 70.9 cm³/mol. The van der Waals surface area contributed by atoms with Crippen LogP contribution in [0.3, 0.4) is 0 Å². The van der Waals surface area contributed by atoms with Gasteiger partial charge in [-0.05, 0) is 17.0 Å². The monoisotopic (exact) mass is 364 g/mol. The Bertz CT molecular complexity index is 334. The first-order valence-electron chi connectivity index (χ1n) is 4.94. The van der Waals surface area contributed by atoms with Crippen molar-refractivity contribution in [3.05, 3.63) is 41.5 Å². The van der Waals surface area contributed by atoms with E-state index in [1.807, 2.05) is 0 Å². The third kappa shape index (κ3) is 3.85. The molecule has 0 heterocycles. The van der Waals surface area contributed by atoms with Crippen LogP contribution in [0.15, 0.2) is 30.3 Å². The van der Waals surface area contributed by atoms with Gasteiger partial charge in [0.15, 0.2) is 0 Å². The van der Waals surface area contributed by atoms with Crippen molar-refractivity contribution in [2.75, 3.05) is 0 Å². The number of rotatable bonds is 1. The van der Waals surface area contributed by atoms with E-state index in [0.717, 1.165) is 0 Å². The Hall–Kier alpha value is 0.634. The van der Waals surface area contributed by atoms with Crippen molar-refractivity contribution in [1.29, 1.82) is 0 Å². The van der Waals surface area contributed by atoms with Crippen LogP contribution >= 0.6 is 26.3 Å². The minimum absolute atomic E-state index is 0.125. The van der Waals surface area contributed by atoms with Gasteiger partial charge in [0.25, 0.3) is 0 Å². The maximum atomic E-state index is 3.19. The molecule has 0 amide bonds. The molecule has 1 aliphatic carbocycles. The molecule has 0 aliphatic heterocycles. The van der Waals surface area contributed by atoms with Crippen LogP contribution in [0.1, 0.15) is 30.9 Å². The molecule has 80 valence electrons. The molecule has 0 bridgehead atoms. The van der Waals surface area contributed by atoms with E-state index in [9.17, 15) is 0 Å². The number of halogens is 2. The summed E-state index contributed by atoms with van der Waals surface area (Å²) < 4.78 is 0. The van der Waals surface area contributed by atoms with Crippen LogP contribution in [-0.4, -0.2) is 0 Å². The minimum atomic E-state index is 0.125. The van der Waals surface area contributed by atoms with Crippen molar-refractivity contribution in [2.45, 2.75) is 19.8 Å². The van der Waals surface area contributed by atoms with Gasteiger partial charge < -0.3 is 0 Å². The molecule has 1 unspecified atom stereocenters. The van der Waals surface area contributed by atoms with E-state index in [2.05, 4.69) is 76.6 Å². The fourth-order valence-corrected chi connectivity index (χ4v) is 1.86. The first-order valence-corrected chi connectivity index (χ1v) is 12.7. The van der Waals surface area contributed by atoms with Crippen molar-refractivity contribution in [2.24, 2.45) is 5.92 Å². The van der Waals surface area contributed by atoms with E-state index in [1.54, 1.807) is 0 Å². The summed E-state index contributed by atoms with van der Waals surface area (Å²) in [6.07, 6.45) is 4.55. The molecular formula is C12H14Br2Ti. The molecule has 0 aromatic heterocycles. The zero-order chi connectivity index (χ0) is 11.3. The van der Waals surface area contributed by atoms with Crippen molar-refractivity contribution < 1.29 is 15.0 Å². The van der Waals surface area contributed by atoms with Crippen LogP contribution in [-0.2, 0) is 15.0 Å². The zero-order valence-corrected chi connectivity index (χ0v) is 13.6. The summed E-state index contributed by atoms with van der Waals surface area (Å²) >= 11 is 6.50. The first-order chi connectivity index (χ1) is 7.20. The summed E-state index contributed by atoms with van der Waals surface area (Å²) in [6.45, 7) is 4.55. The third-order valence-electron chi connectivity index (χ3n) is 2.56. The fourth-order valence-electron chi connectivity index (χ4n) is 1.86. The van der Waals surface area contributed by atoms with Crippen LogP contribution in [0, 0.1) is 5.92 Å². The molecule has 15 heavy (non-hydrogen) atoms. The summed E-state index contributed by atoms with van der Waals surface area (Å²) in [5.74, 6) is 1.35. The number of hydrogen-bond acceptors (Lipinski definition) is 0. The fraction of sp³-hybridized carbons (Fsp3) is 0.333. The molecule has 0 radical (unpaired) electrons. The molecule has 0 spiro atoms. The van der Waals surface area contributed by atoms with Crippen LogP contribution in [0.2, 0.25) is 0 Å². The molecular weight excluding hydrogens is 352 g/mol. The molecule has 0 N–H and O–H groups in total. The van der Waals surface area contributed by atoms with E-state index in [4.69, 9.17) is 0 Å². The number of hydrogen-bond donors (Lipinski definition) is 0. The molecule has 0 nitrogen and oxygen atoms in total. The Morgan fingerprint density at radius 2 is 1.80 bits per heavy atom. The van der Waals surface area contributed by atoms with Crippen molar-refractivity contribution in [1.82, 2.24) is 0 Å². The Kier molecular flexibility index (Phi) is 6.44. The van der Waals surface area contributed by atoms with E-state index in [-0.39, 0.29) is 15.0 Å². The second-order valence-electron chi connectivity index (χ2n) is 3.83. The van der Waals surface area contributed by atoms with Gasteiger partial charge in [0.05, 0.1) is 0 Å². The number of allylic oxidation sites excluding steroid dienone is 1. The first kappa shape index (κ1) is 13.7. The normalized spacial score (nSPS) is 17.0. The molecule has 1 aromatic carbocycles. The summed E-state index contributed by atoms with van der Waals surface area (Å²) in [7, 11) is 0. The van der Waals surface area contributed by atoms with E-state index < -0.39 is 0 Å². The van der Waals surface area contributed by atoms with Gasteiger partial charge in [0.1, 0.15) is 0 Å². The van der Waals surface area contributed by atoms with Gasteiger partial charge in [-0.15, -0.1) is 0 Å². The van der Waals surface area contributed by atoms with Gasteiger partial charge in [-0.2, -0.15) is 0 Å². The van der Waals surface area contributed by atoms with Crippen LogP contribution in [0.4, 0.5) is 0 Å². The molecule has 0 saturated carbocycles. The van der Waals surface area contributed by atoms with Gasteiger partial charge in [-0.25, -0.2) is 0 Å². The third-order valence-corrected chi connectivity index (χ3v) is 2.56. The van der Waals surface area contributed by atoms with Crippen LogP contribution in [0.25, 0.3) is 6.08 Å². The molecule has 1 aliphatic rings. The Morgan fingerprint density at radius 1 is 1.20 bits per heavy atom. The molecule has 0 fully saturated rings. The van der Waals surface area contributed by atoms with Gasteiger partial charge in [0, 0.05) is 5.92 Å². The van der Waals surface area contributed by atoms with Crippen molar-refractivity contribution >= 4 is 32.4 Å². The average molecular weight is 366 g/mol. The second kappa shape index (κ2) is 7.06. The van der Waals surface area contributed by atoms with E-state index in [0.29, 0.717) is 11.8 Å². The quantitative estimate of drug-likeness (QED) is 0.604. The van der Waals surface area contributed by atoms with Crippen LogP contribution < -0.4 is 0 Å². The molecule has 3 heteroatoms. The molecule has 2 rings (SSSR count). The SMILES string of the molecule is CC(C)C1C=Cc2ccccc21.[Br][Ti][Br]. The summed E-state index contributed by atoms with van der Waals surface area (Å²) in [4.78, 5) is 0. The Morgan fingerprint density at radius 3 is 2.40 bits per heavy atom.